The van der Waals surface area contributed by atoms with Crippen LogP contribution in [-0.2, 0) is 4.79 Å². The Morgan fingerprint density at radius 1 is 1.12 bits per heavy atom. The van der Waals surface area contributed by atoms with Gasteiger partial charge >= 0.3 is 6.03 Å². The van der Waals surface area contributed by atoms with E-state index in [1.54, 1.807) is 53.2 Å². The second-order valence-corrected chi connectivity index (χ2v) is 6.48. The Bertz CT molecular complexity index is 778. The molecule has 26 heavy (non-hydrogen) atoms. The molecule has 1 fully saturated rings. The van der Waals surface area contributed by atoms with Crippen LogP contribution in [0.1, 0.15) is 6.42 Å². The third-order valence-electron chi connectivity index (χ3n) is 4.08. The highest BCUT2D eigenvalue weighted by molar-refractivity contribution is 6.30. The van der Waals surface area contributed by atoms with Crippen LogP contribution in [0.15, 0.2) is 48.5 Å². The third-order valence-corrected chi connectivity index (χ3v) is 4.33. The van der Waals surface area contributed by atoms with Gasteiger partial charge in [0.1, 0.15) is 5.75 Å². The number of halogens is 1. The van der Waals surface area contributed by atoms with Crippen LogP contribution in [0, 0.1) is 0 Å². The number of hydrogen-bond donors (Lipinski definition) is 1. The van der Waals surface area contributed by atoms with Crippen LogP contribution < -0.4 is 15.0 Å². The van der Waals surface area contributed by atoms with Crippen molar-refractivity contribution in [2.75, 3.05) is 37.0 Å². The van der Waals surface area contributed by atoms with Crippen LogP contribution >= 0.6 is 11.6 Å². The zero-order valence-electron chi connectivity index (χ0n) is 14.4. The van der Waals surface area contributed by atoms with Gasteiger partial charge in [-0.3, -0.25) is 9.69 Å². The normalized spacial score (nSPS) is 14.3. The van der Waals surface area contributed by atoms with E-state index >= 15 is 0 Å². The van der Waals surface area contributed by atoms with Crippen molar-refractivity contribution in [2.24, 2.45) is 0 Å². The predicted octanol–water partition coefficient (Wildman–Crippen LogP) is 3.62. The lowest BCUT2D eigenvalue weighted by atomic mass is 10.2. The molecule has 0 unspecified atom stereocenters. The Morgan fingerprint density at radius 2 is 1.81 bits per heavy atom. The van der Waals surface area contributed by atoms with Gasteiger partial charge in [0, 0.05) is 36.5 Å². The molecule has 6 nitrogen and oxygen atoms in total. The van der Waals surface area contributed by atoms with Crippen LogP contribution in [0.25, 0.3) is 0 Å². The quantitative estimate of drug-likeness (QED) is 0.870. The fraction of sp³-hybridized carbons (Fsp3) is 0.263. The van der Waals surface area contributed by atoms with Crippen LogP contribution in [0.4, 0.5) is 16.2 Å². The van der Waals surface area contributed by atoms with Gasteiger partial charge in [0.05, 0.1) is 0 Å². The Labute approximate surface area is 157 Å². The maximum atomic E-state index is 12.2. The summed E-state index contributed by atoms with van der Waals surface area (Å²) in [4.78, 5) is 27.6. The van der Waals surface area contributed by atoms with Gasteiger partial charge in [-0.2, -0.15) is 0 Å². The maximum absolute atomic E-state index is 12.2. The summed E-state index contributed by atoms with van der Waals surface area (Å²) in [6, 6.07) is 14.0. The van der Waals surface area contributed by atoms with E-state index in [0.717, 1.165) is 18.7 Å². The van der Waals surface area contributed by atoms with Crippen molar-refractivity contribution in [1.82, 2.24) is 4.90 Å². The van der Waals surface area contributed by atoms with Crippen molar-refractivity contribution in [3.05, 3.63) is 53.6 Å². The second kappa shape index (κ2) is 8.10. The number of carbonyl (C=O) groups is 2. The number of hydrogen-bond acceptors (Lipinski definition) is 3. The predicted molar refractivity (Wildman–Crippen MR) is 102 cm³/mol. The lowest BCUT2D eigenvalue weighted by Gasteiger charge is -2.33. The number of ether oxygens (including phenoxy) is 1. The van der Waals surface area contributed by atoms with E-state index < -0.39 is 0 Å². The van der Waals surface area contributed by atoms with Gasteiger partial charge in [-0.05, 0) is 55.0 Å². The lowest BCUT2D eigenvalue weighted by Crippen LogP contribution is -2.47. The van der Waals surface area contributed by atoms with E-state index in [9.17, 15) is 9.59 Å². The van der Waals surface area contributed by atoms with Crippen LogP contribution in [-0.4, -0.2) is 43.6 Å². The van der Waals surface area contributed by atoms with E-state index in [4.69, 9.17) is 16.3 Å². The largest absolute Gasteiger partial charge is 0.484 e. The molecule has 1 saturated heterocycles. The molecule has 0 spiro atoms. The average Bonchev–Trinajstić information content (AvgIpc) is 2.64. The van der Waals surface area contributed by atoms with Crippen molar-refractivity contribution >= 4 is 34.9 Å². The molecule has 7 heteroatoms. The molecule has 2 aromatic rings. The summed E-state index contributed by atoms with van der Waals surface area (Å²) in [5.41, 5.74) is 1.47. The van der Waals surface area contributed by atoms with Crippen molar-refractivity contribution in [2.45, 2.75) is 6.42 Å². The van der Waals surface area contributed by atoms with Crippen molar-refractivity contribution in [3.8, 4) is 5.75 Å². The Balaban J connectivity index is 1.54. The summed E-state index contributed by atoms with van der Waals surface area (Å²) < 4.78 is 5.41. The molecule has 136 valence electrons. The van der Waals surface area contributed by atoms with Gasteiger partial charge in [0.15, 0.2) is 6.61 Å². The smallest absolute Gasteiger partial charge is 0.324 e. The number of amides is 3. The number of anilines is 2. The van der Waals surface area contributed by atoms with Gasteiger partial charge in [-0.25, -0.2) is 4.79 Å². The Morgan fingerprint density at radius 3 is 2.50 bits per heavy atom. The number of carbonyl (C=O) groups excluding carboxylic acids is 2. The fourth-order valence-corrected chi connectivity index (χ4v) is 2.83. The van der Waals surface area contributed by atoms with Gasteiger partial charge in [-0.1, -0.05) is 11.6 Å². The minimum absolute atomic E-state index is 0.00981. The summed E-state index contributed by atoms with van der Waals surface area (Å²) in [6.07, 6.45) is 0.933. The monoisotopic (exact) mass is 373 g/mol. The van der Waals surface area contributed by atoms with Crippen LogP contribution in [0.3, 0.4) is 0 Å². The van der Waals surface area contributed by atoms with Gasteiger partial charge in [0.2, 0.25) is 0 Å². The number of nitrogens with one attached hydrogen (secondary N) is 1. The number of nitrogens with zero attached hydrogens (tertiary/aromatic N) is 2. The first-order chi connectivity index (χ1) is 12.5. The van der Waals surface area contributed by atoms with E-state index in [2.05, 4.69) is 5.32 Å². The van der Waals surface area contributed by atoms with E-state index in [1.165, 1.54) is 0 Å². The Kier molecular flexibility index (Phi) is 5.63. The molecule has 0 aliphatic carbocycles. The van der Waals surface area contributed by atoms with E-state index in [0.29, 0.717) is 23.0 Å². The summed E-state index contributed by atoms with van der Waals surface area (Å²) in [6.45, 7) is 1.37. The average molecular weight is 374 g/mol. The highest BCUT2D eigenvalue weighted by atomic mass is 35.5. The number of urea groups is 1. The van der Waals surface area contributed by atoms with Gasteiger partial charge in [-0.15, -0.1) is 0 Å². The van der Waals surface area contributed by atoms with Crippen molar-refractivity contribution < 1.29 is 14.3 Å². The molecular weight excluding hydrogens is 354 g/mol. The summed E-state index contributed by atoms with van der Waals surface area (Å²) in [5, 5.41) is 3.38. The molecule has 2 aromatic carbocycles. The molecule has 1 aliphatic rings. The van der Waals surface area contributed by atoms with Crippen LogP contribution in [0.5, 0.6) is 5.75 Å². The van der Waals surface area contributed by atoms with Crippen molar-refractivity contribution in [3.63, 3.8) is 0 Å². The third kappa shape index (κ3) is 4.46. The molecule has 0 saturated carbocycles. The number of rotatable bonds is 5. The van der Waals surface area contributed by atoms with Crippen molar-refractivity contribution in [1.29, 1.82) is 0 Å². The molecule has 1 N–H and O–H groups in total. The molecule has 0 radical (unpaired) electrons. The van der Waals surface area contributed by atoms with Gasteiger partial charge < -0.3 is 15.0 Å². The molecule has 3 amide bonds. The highest BCUT2D eigenvalue weighted by Crippen LogP contribution is 2.22. The van der Waals surface area contributed by atoms with E-state index in [1.807, 2.05) is 12.1 Å². The molecule has 1 heterocycles. The van der Waals surface area contributed by atoms with E-state index in [-0.39, 0.29) is 18.5 Å². The summed E-state index contributed by atoms with van der Waals surface area (Å²) in [7, 11) is 1.80. The topological polar surface area (TPSA) is 61.9 Å². The summed E-state index contributed by atoms with van der Waals surface area (Å²) in [5.74, 6) is 0.314. The molecule has 0 atom stereocenters. The second-order valence-electron chi connectivity index (χ2n) is 6.05. The molecule has 0 aromatic heterocycles. The number of benzene rings is 2. The first kappa shape index (κ1) is 18.1. The first-order valence-electron chi connectivity index (χ1n) is 8.34. The zero-order chi connectivity index (χ0) is 18.5. The highest BCUT2D eigenvalue weighted by Gasteiger charge is 2.23. The fourth-order valence-electron chi connectivity index (χ4n) is 2.70. The van der Waals surface area contributed by atoms with Gasteiger partial charge in [0.25, 0.3) is 5.91 Å². The molecule has 0 bridgehead atoms. The minimum Gasteiger partial charge on any atom is -0.484 e. The minimum atomic E-state index is -0.263. The zero-order valence-corrected chi connectivity index (χ0v) is 15.2. The SMILES string of the molecule is CN1CCCN(c2ccc(NC(=O)COc3ccc(Cl)cc3)cc2)C1=O. The molecule has 3 rings (SSSR count). The standard InChI is InChI=1S/C19H20ClN3O3/c1-22-11-2-12-23(19(22)25)16-7-5-15(6-8-16)21-18(24)13-26-17-9-3-14(20)4-10-17/h3-10H,2,11-13H2,1H3,(H,21,24). The first-order valence-corrected chi connectivity index (χ1v) is 8.71. The molecule has 1 aliphatic heterocycles. The molecular formula is C19H20ClN3O3. The van der Waals surface area contributed by atoms with Crippen LogP contribution in [0.2, 0.25) is 5.02 Å². The lowest BCUT2D eigenvalue weighted by molar-refractivity contribution is -0.118. The Hall–Kier alpha value is -2.73. The summed E-state index contributed by atoms with van der Waals surface area (Å²) >= 11 is 5.81. The maximum Gasteiger partial charge on any atom is 0.324 e.